The number of aromatic nitrogens is 1. The van der Waals surface area contributed by atoms with Gasteiger partial charge in [-0.25, -0.2) is 8.42 Å². The molecule has 8 heteroatoms. The first-order valence-electron chi connectivity index (χ1n) is 9.32. The molecule has 0 spiro atoms. The molecule has 4 rings (SSSR count). The van der Waals surface area contributed by atoms with E-state index < -0.39 is 16.1 Å². The van der Waals surface area contributed by atoms with Gasteiger partial charge >= 0.3 is 0 Å². The third kappa shape index (κ3) is 4.14. The molecule has 0 amide bonds. The molecule has 0 aliphatic heterocycles. The average molecular weight is 463 g/mol. The predicted molar refractivity (Wildman–Crippen MR) is 124 cm³/mol. The van der Waals surface area contributed by atoms with E-state index >= 15 is 0 Å². The fraction of sp³-hybridized carbons (Fsp3) is 0.182. The predicted octanol–water partition coefficient (Wildman–Crippen LogP) is 4.93. The van der Waals surface area contributed by atoms with E-state index in [-0.39, 0.29) is 13.1 Å². The minimum atomic E-state index is -3.56. The van der Waals surface area contributed by atoms with Gasteiger partial charge < -0.3 is 9.67 Å². The van der Waals surface area contributed by atoms with E-state index in [0.717, 1.165) is 28.1 Å². The Morgan fingerprint density at radius 3 is 1.97 bits per heavy atom. The van der Waals surface area contributed by atoms with Crippen LogP contribution in [0.4, 0.5) is 5.69 Å². The highest BCUT2D eigenvalue weighted by Gasteiger charge is 2.22. The summed E-state index contributed by atoms with van der Waals surface area (Å²) >= 11 is 12.4. The Kier molecular flexibility index (Phi) is 5.68. The number of para-hydroxylation sites is 1. The maximum atomic E-state index is 12.3. The van der Waals surface area contributed by atoms with Crippen LogP contribution in [0.5, 0.6) is 0 Å². The highest BCUT2D eigenvalue weighted by atomic mass is 35.5. The molecule has 30 heavy (non-hydrogen) atoms. The van der Waals surface area contributed by atoms with Crippen LogP contribution in [0.1, 0.15) is 0 Å². The number of nitrogens with zero attached hydrogens (tertiary/aromatic N) is 2. The van der Waals surface area contributed by atoms with Crippen LogP contribution >= 0.6 is 23.2 Å². The lowest BCUT2D eigenvalue weighted by atomic mass is 10.1. The Bertz CT molecular complexity index is 1260. The maximum Gasteiger partial charge on any atom is 0.232 e. The van der Waals surface area contributed by atoms with E-state index in [1.54, 1.807) is 36.4 Å². The molecule has 4 aromatic rings. The summed E-state index contributed by atoms with van der Waals surface area (Å²) in [5.74, 6) is 0. The Morgan fingerprint density at radius 1 is 0.933 bits per heavy atom. The van der Waals surface area contributed by atoms with E-state index in [2.05, 4.69) is 0 Å². The smallest absolute Gasteiger partial charge is 0.232 e. The second-order valence-electron chi connectivity index (χ2n) is 7.22. The normalized spacial score (nSPS) is 13.1. The summed E-state index contributed by atoms with van der Waals surface area (Å²) in [6.07, 6.45) is 0.196. The van der Waals surface area contributed by atoms with Crippen LogP contribution < -0.4 is 4.31 Å². The molecule has 0 saturated heterocycles. The lowest BCUT2D eigenvalue weighted by Gasteiger charge is -2.25. The minimum absolute atomic E-state index is 0.0643. The van der Waals surface area contributed by atoms with Gasteiger partial charge in [0.15, 0.2) is 0 Å². The van der Waals surface area contributed by atoms with Gasteiger partial charge in [0.05, 0.1) is 31.1 Å². The molecule has 0 aliphatic carbocycles. The zero-order chi connectivity index (χ0) is 21.5. The molecule has 0 bridgehead atoms. The number of halogens is 2. The zero-order valence-corrected chi connectivity index (χ0v) is 18.5. The largest absolute Gasteiger partial charge is 0.389 e. The van der Waals surface area contributed by atoms with Crippen molar-refractivity contribution in [1.82, 2.24) is 4.57 Å². The molecule has 1 aromatic heterocycles. The first kappa shape index (κ1) is 21.0. The number of anilines is 1. The second-order valence-corrected chi connectivity index (χ2v) is 10.00. The summed E-state index contributed by atoms with van der Waals surface area (Å²) in [6.45, 7) is 0.146. The molecule has 0 aliphatic rings. The molecule has 156 valence electrons. The molecule has 0 radical (unpaired) electrons. The second kappa shape index (κ2) is 8.12. The maximum absolute atomic E-state index is 12.3. The number of rotatable bonds is 6. The molecule has 0 fully saturated rings. The van der Waals surface area contributed by atoms with Crippen LogP contribution in [-0.2, 0) is 16.6 Å². The number of fused-ring (bicyclic) bond motifs is 3. The summed E-state index contributed by atoms with van der Waals surface area (Å²) in [7, 11) is -3.56. The summed E-state index contributed by atoms with van der Waals surface area (Å²) in [5, 5.41) is 13.9. The van der Waals surface area contributed by atoms with Gasteiger partial charge in [-0.15, -0.1) is 0 Å². The SMILES string of the molecule is CS(=O)(=O)N(CC(O)Cn1c2ccc(Cl)cc2c2cc(Cl)ccc21)c1ccccc1. The minimum Gasteiger partial charge on any atom is -0.389 e. The van der Waals surface area contributed by atoms with Crippen molar-refractivity contribution >= 4 is 60.7 Å². The van der Waals surface area contributed by atoms with Crippen molar-refractivity contribution in [2.45, 2.75) is 12.6 Å². The standard InChI is InChI=1S/C22H20Cl2N2O3S/c1-30(28,29)26(17-5-3-2-4-6-17)14-18(27)13-25-21-9-7-15(23)11-19(21)20-12-16(24)8-10-22(20)25/h2-12,18,27H,13-14H2,1H3. The number of aliphatic hydroxyl groups excluding tert-OH is 1. The van der Waals surface area contributed by atoms with Gasteiger partial charge in [0.25, 0.3) is 0 Å². The molecule has 5 nitrogen and oxygen atoms in total. The first-order chi connectivity index (χ1) is 14.2. The molecule has 0 saturated carbocycles. The molecular formula is C22H20Cl2N2O3S. The van der Waals surface area contributed by atoms with Gasteiger partial charge in [-0.05, 0) is 48.5 Å². The number of hydrogen-bond donors (Lipinski definition) is 1. The number of hydrogen-bond acceptors (Lipinski definition) is 3. The highest BCUT2D eigenvalue weighted by molar-refractivity contribution is 7.92. The topological polar surface area (TPSA) is 62.5 Å². The van der Waals surface area contributed by atoms with Crippen LogP contribution in [0.2, 0.25) is 10.0 Å². The first-order valence-corrected chi connectivity index (χ1v) is 11.9. The van der Waals surface area contributed by atoms with Gasteiger partial charge in [0, 0.05) is 31.9 Å². The molecule has 1 unspecified atom stereocenters. The van der Waals surface area contributed by atoms with E-state index in [1.807, 2.05) is 34.9 Å². The summed E-state index contributed by atoms with van der Waals surface area (Å²) in [4.78, 5) is 0. The number of sulfonamides is 1. The van der Waals surface area contributed by atoms with Crippen molar-refractivity contribution in [2.24, 2.45) is 0 Å². The Hall–Kier alpha value is -2.25. The fourth-order valence-corrected chi connectivity index (χ4v) is 5.02. The van der Waals surface area contributed by atoms with Gasteiger partial charge in [-0.2, -0.15) is 0 Å². The Balaban J connectivity index is 1.73. The zero-order valence-electron chi connectivity index (χ0n) is 16.2. The summed E-state index contributed by atoms with van der Waals surface area (Å²) in [6, 6.07) is 19.9. The summed E-state index contributed by atoms with van der Waals surface area (Å²) < 4.78 is 27.9. The lowest BCUT2D eigenvalue weighted by Crippen LogP contribution is -2.38. The average Bonchev–Trinajstić information content (AvgIpc) is 2.98. The van der Waals surface area contributed by atoms with Gasteiger partial charge in [-0.3, -0.25) is 4.31 Å². The number of benzene rings is 3. The molecule has 1 heterocycles. The monoisotopic (exact) mass is 462 g/mol. The Labute approximate surface area is 185 Å². The van der Waals surface area contributed by atoms with Gasteiger partial charge in [-0.1, -0.05) is 41.4 Å². The van der Waals surface area contributed by atoms with Gasteiger partial charge in [0.1, 0.15) is 0 Å². The van der Waals surface area contributed by atoms with Crippen LogP contribution in [-0.4, -0.2) is 37.0 Å². The van der Waals surface area contributed by atoms with Crippen LogP contribution in [0, 0.1) is 0 Å². The van der Waals surface area contributed by atoms with Crippen molar-refractivity contribution in [3.8, 4) is 0 Å². The van der Waals surface area contributed by atoms with Crippen molar-refractivity contribution in [2.75, 3.05) is 17.1 Å². The molecule has 1 N–H and O–H groups in total. The summed E-state index contributed by atoms with van der Waals surface area (Å²) in [5.41, 5.74) is 2.29. The lowest BCUT2D eigenvalue weighted by molar-refractivity contribution is 0.166. The third-order valence-electron chi connectivity index (χ3n) is 5.00. The van der Waals surface area contributed by atoms with Crippen LogP contribution in [0.15, 0.2) is 66.7 Å². The van der Waals surface area contributed by atoms with E-state index in [4.69, 9.17) is 23.2 Å². The van der Waals surface area contributed by atoms with Crippen LogP contribution in [0.3, 0.4) is 0 Å². The van der Waals surface area contributed by atoms with Crippen molar-refractivity contribution in [3.63, 3.8) is 0 Å². The molecule has 3 aromatic carbocycles. The third-order valence-corrected chi connectivity index (χ3v) is 6.63. The Morgan fingerprint density at radius 2 is 1.47 bits per heavy atom. The van der Waals surface area contributed by atoms with E-state index in [0.29, 0.717) is 15.7 Å². The van der Waals surface area contributed by atoms with Crippen molar-refractivity contribution in [1.29, 1.82) is 0 Å². The van der Waals surface area contributed by atoms with Crippen molar-refractivity contribution < 1.29 is 13.5 Å². The van der Waals surface area contributed by atoms with Crippen molar-refractivity contribution in [3.05, 3.63) is 76.8 Å². The highest BCUT2D eigenvalue weighted by Crippen LogP contribution is 2.33. The molecular weight excluding hydrogens is 443 g/mol. The number of aliphatic hydroxyl groups is 1. The van der Waals surface area contributed by atoms with E-state index in [9.17, 15) is 13.5 Å². The quantitative estimate of drug-likeness (QED) is 0.441. The fourth-order valence-electron chi connectivity index (χ4n) is 3.73. The molecule has 1 atom stereocenters. The van der Waals surface area contributed by atoms with Crippen LogP contribution in [0.25, 0.3) is 21.8 Å². The van der Waals surface area contributed by atoms with Gasteiger partial charge in [0.2, 0.25) is 10.0 Å². The van der Waals surface area contributed by atoms with E-state index in [1.165, 1.54) is 4.31 Å².